The van der Waals surface area contributed by atoms with Crippen molar-refractivity contribution in [3.8, 4) is 0 Å². The van der Waals surface area contributed by atoms with E-state index in [-0.39, 0.29) is 0 Å². The highest BCUT2D eigenvalue weighted by Gasteiger charge is 2.37. The van der Waals surface area contributed by atoms with Crippen LogP contribution >= 0.6 is 0 Å². The van der Waals surface area contributed by atoms with Crippen molar-refractivity contribution in [3.63, 3.8) is 0 Å². The van der Waals surface area contributed by atoms with Crippen LogP contribution in [-0.2, 0) is 16.5 Å². The molecule has 1 aromatic rings. The predicted octanol–water partition coefficient (Wildman–Crippen LogP) is 2.55. The molecule has 0 bridgehead atoms. The number of hydrogen-bond donors (Lipinski definition) is 0. The first-order chi connectivity index (χ1) is 10.5. The van der Waals surface area contributed by atoms with Crippen LogP contribution in [0.25, 0.3) is 0 Å². The minimum atomic E-state index is -2.18. The maximum Gasteiger partial charge on any atom is 0.338 e. The third kappa shape index (κ3) is 8.70. The van der Waals surface area contributed by atoms with Crippen molar-refractivity contribution in [1.29, 1.82) is 0 Å². The quantitative estimate of drug-likeness (QED) is 0.593. The van der Waals surface area contributed by atoms with Crippen molar-refractivity contribution in [3.05, 3.63) is 30.3 Å². The van der Waals surface area contributed by atoms with E-state index in [9.17, 15) is 0 Å². The van der Waals surface area contributed by atoms with Gasteiger partial charge >= 0.3 is 26.4 Å². The molecule has 0 aliphatic rings. The van der Waals surface area contributed by atoms with Gasteiger partial charge in [-0.15, -0.1) is 0 Å². The summed E-state index contributed by atoms with van der Waals surface area (Å²) < 4.78 is 25.3. The van der Waals surface area contributed by atoms with Crippen LogP contribution in [0, 0.1) is 0 Å². The van der Waals surface area contributed by atoms with Gasteiger partial charge in [-0.3, -0.25) is 0 Å². The first-order valence-electron chi connectivity index (χ1n) is 8.27. The number of hydrogen-bond acceptors (Lipinski definition) is 4. The molecule has 0 atom stereocenters. The molecule has 4 nitrogen and oxygen atoms in total. The molecule has 0 radical (unpaired) electrons. The summed E-state index contributed by atoms with van der Waals surface area (Å²) >= 11 is 0. The number of benzene rings is 1. The molecule has 0 unspecified atom stereocenters. The molecule has 0 fully saturated rings. The molecule has 0 amide bonds. The molecule has 0 saturated carbocycles. The Hall–Kier alpha value is 0.144. The van der Waals surface area contributed by atoms with Gasteiger partial charge in [-0.2, -0.15) is 0 Å². The molecule has 0 saturated heterocycles. The lowest BCUT2D eigenvalue weighted by Crippen LogP contribution is -2.55. The minimum Gasteiger partial charge on any atom is -0.440 e. The third-order valence-corrected chi connectivity index (χ3v) is 18.4. The van der Waals surface area contributed by atoms with Crippen molar-refractivity contribution in [1.82, 2.24) is 0 Å². The second kappa shape index (κ2) is 9.01. The molecular formula is C14H32O4Si5. The Kier molecular flexibility index (Phi) is 8.30. The van der Waals surface area contributed by atoms with Gasteiger partial charge in [-0.1, -0.05) is 30.3 Å². The molecule has 9 heteroatoms. The van der Waals surface area contributed by atoms with Crippen LogP contribution in [0.2, 0.25) is 52.4 Å². The lowest BCUT2D eigenvalue weighted by Gasteiger charge is -2.35. The third-order valence-electron chi connectivity index (χ3n) is 2.89. The van der Waals surface area contributed by atoms with Crippen LogP contribution in [0.1, 0.15) is 0 Å². The fraction of sp³-hybridized carbons (Fsp3) is 0.571. The zero-order valence-electron chi connectivity index (χ0n) is 15.8. The fourth-order valence-electron chi connectivity index (χ4n) is 2.48. The molecule has 132 valence electrons. The standard InChI is InChI=1S/C14H32O4Si5/c1-19(2)15-22(5,6)17-21(14-12-10-9-11-13-14)18-23(7,8)16-20(3)4/h9-13,19-21H,1-8H3. The molecular weight excluding hydrogens is 373 g/mol. The van der Waals surface area contributed by atoms with E-state index in [0.29, 0.717) is 0 Å². The van der Waals surface area contributed by atoms with Crippen molar-refractivity contribution in [2.24, 2.45) is 0 Å². The molecule has 1 aromatic carbocycles. The van der Waals surface area contributed by atoms with Crippen molar-refractivity contribution >= 4 is 49.7 Å². The molecule has 0 heterocycles. The van der Waals surface area contributed by atoms with Crippen LogP contribution in [-0.4, -0.2) is 44.5 Å². The highest BCUT2D eigenvalue weighted by atomic mass is 28.5. The summed E-state index contributed by atoms with van der Waals surface area (Å²) in [4.78, 5) is 0. The SMILES string of the molecule is C[SiH](C)O[Si](C)(C)O[SiH](O[Si](C)(C)O[SiH](C)C)c1ccccc1. The Labute approximate surface area is 148 Å². The molecule has 1 rings (SSSR count). The Balaban J connectivity index is 2.95. The Morgan fingerprint density at radius 1 is 0.652 bits per heavy atom. The van der Waals surface area contributed by atoms with Gasteiger partial charge in [-0.25, -0.2) is 0 Å². The lowest BCUT2D eigenvalue weighted by atomic mass is 10.4. The summed E-state index contributed by atoms with van der Waals surface area (Å²) in [5.74, 6) is 0. The second-order valence-electron chi connectivity index (χ2n) is 7.11. The second-order valence-corrected chi connectivity index (χ2v) is 22.0. The van der Waals surface area contributed by atoms with Gasteiger partial charge < -0.3 is 16.5 Å². The average molecular weight is 405 g/mol. The first-order valence-corrected chi connectivity index (χ1v) is 21.0. The van der Waals surface area contributed by atoms with Gasteiger partial charge in [0.05, 0.1) is 0 Å². The zero-order chi connectivity index (χ0) is 17.7. The Morgan fingerprint density at radius 3 is 1.39 bits per heavy atom. The van der Waals surface area contributed by atoms with E-state index in [1.807, 2.05) is 18.2 Å². The van der Waals surface area contributed by atoms with Crippen molar-refractivity contribution < 1.29 is 16.5 Å². The van der Waals surface area contributed by atoms with Crippen molar-refractivity contribution in [2.45, 2.75) is 52.4 Å². The molecule has 0 aliphatic heterocycles. The van der Waals surface area contributed by atoms with Gasteiger partial charge in [0.1, 0.15) is 0 Å². The smallest absolute Gasteiger partial charge is 0.338 e. The maximum atomic E-state index is 6.49. The van der Waals surface area contributed by atoms with Gasteiger partial charge in [0, 0.05) is 0 Å². The Morgan fingerprint density at radius 2 is 1.04 bits per heavy atom. The van der Waals surface area contributed by atoms with Gasteiger partial charge in [-0.05, 0) is 57.6 Å². The summed E-state index contributed by atoms with van der Waals surface area (Å²) in [6.07, 6.45) is 0. The maximum absolute atomic E-state index is 6.49. The van der Waals surface area contributed by atoms with E-state index in [1.165, 1.54) is 0 Å². The molecule has 0 aromatic heterocycles. The summed E-state index contributed by atoms with van der Waals surface area (Å²) in [6, 6.07) is 10.3. The lowest BCUT2D eigenvalue weighted by molar-refractivity contribution is 0.330. The topological polar surface area (TPSA) is 36.9 Å². The summed E-state index contributed by atoms with van der Waals surface area (Å²) in [5, 5.41) is 1.16. The molecule has 0 N–H and O–H groups in total. The van der Waals surface area contributed by atoms with E-state index in [2.05, 4.69) is 64.5 Å². The Bertz CT molecular complexity index is 443. The first kappa shape index (κ1) is 21.2. The van der Waals surface area contributed by atoms with E-state index in [4.69, 9.17) is 16.5 Å². The summed E-state index contributed by atoms with van der Waals surface area (Å²) in [5.41, 5.74) is 0. The van der Waals surface area contributed by atoms with Crippen molar-refractivity contribution in [2.75, 3.05) is 0 Å². The van der Waals surface area contributed by atoms with E-state index in [0.717, 1.165) is 5.19 Å². The minimum absolute atomic E-state index is 1.13. The normalized spacial score (nSPS) is 13.3. The van der Waals surface area contributed by atoms with Crippen LogP contribution in [0.15, 0.2) is 30.3 Å². The van der Waals surface area contributed by atoms with Gasteiger partial charge in [0.2, 0.25) is 0 Å². The molecule has 0 spiro atoms. The molecule has 0 aliphatic carbocycles. The highest BCUT2D eigenvalue weighted by molar-refractivity contribution is 6.85. The predicted molar refractivity (Wildman–Crippen MR) is 110 cm³/mol. The fourth-order valence-corrected chi connectivity index (χ4v) is 19.4. The number of rotatable bonds is 9. The van der Waals surface area contributed by atoms with Gasteiger partial charge in [0.25, 0.3) is 0 Å². The van der Waals surface area contributed by atoms with E-state index >= 15 is 0 Å². The largest absolute Gasteiger partial charge is 0.440 e. The van der Waals surface area contributed by atoms with Crippen LogP contribution in [0.5, 0.6) is 0 Å². The van der Waals surface area contributed by atoms with E-state index < -0.39 is 44.5 Å². The molecule has 23 heavy (non-hydrogen) atoms. The van der Waals surface area contributed by atoms with Crippen LogP contribution < -0.4 is 5.19 Å². The summed E-state index contributed by atoms with van der Waals surface area (Å²) in [7, 11) is -8.66. The highest BCUT2D eigenvalue weighted by Crippen LogP contribution is 2.16. The van der Waals surface area contributed by atoms with Gasteiger partial charge in [0.15, 0.2) is 18.1 Å². The van der Waals surface area contributed by atoms with Crippen LogP contribution in [0.4, 0.5) is 0 Å². The average Bonchev–Trinajstić information content (AvgIpc) is 2.35. The van der Waals surface area contributed by atoms with Crippen LogP contribution in [0.3, 0.4) is 0 Å². The van der Waals surface area contributed by atoms with E-state index in [1.54, 1.807) is 0 Å². The summed E-state index contributed by atoms with van der Waals surface area (Å²) in [6.45, 7) is 17.2. The zero-order valence-corrected chi connectivity index (χ0v) is 21.2. The monoisotopic (exact) mass is 404 g/mol.